The van der Waals surface area contributed by atoms with E-state index in [1.807, 2.05) is 20.0 Å². The summed E-state index contributed by atoms with van der Waals surface area (Å²) in [7, 11) is 1.92. The zero-order chi connectivity index (χ0) is 47.9. The highest BCUT2D eigenvalue weighted by Crippen LogP contribution is 2.76. The van der Waals surface area contributed by atoms with Crippen LogP contribution in [0.25, 0.3) is 0 Å². The molecule has 6 fully saturated rings. The first-order valence-electron chi connectivity index (χ1n) is 26.6. The minimum absolute atomic E-state index is 0.0116. The number of nitrogens with two attached hydrogens (primary N) is 1. The molecule has 0 radical (unpaired) electrons. The van der Waals surface area contributed by atoms with Crippen LogP contribution in [0.5, 0.6) is 0 Å². The molecule has 13 heteroatoms. The van der Waals surface area contributed by atoms with E-state index in [9.17, 15) is 35.7 Å². The van der Waals surface area contributed by atoms with Crippen molar-refractivity contribution >= 4 is 5.78 Å². The number of fused-ring (bicyclic) bond motifs is 5. The minimum atomic E-state index is -1.71. The van der Waals surface area contributed by atoms with Gasteiger partial charge in [0.05, 0.1) is 53.6 Å². The van der Waals surface area contributed by atoms with Gasteiger partial charge in [-0.25, -0.2) is 0 Å². The lowest BCUT2D eigenvalue weighted by atomic mass is 9.37. The van der Waals surface area contributed by atoms with Gasteiger partial charge in [-0.05, 0) is 151 Å². The van der Waals surface area contributed by atoms with Crippen molar-refractivity contribution in [2.75, 3.05) is 26.7 Å². The Kier molecular flexibility index (Phi) is 13.7. The molecule has 7 aliphatic carbocycles. The Labute approximate surface area is 399 Å². The van der Waals surface area contributed by atoms with E-state index in [4.69, 9.17) is 10.5 Å². The van der Waals surface area contributed by atoms with Crippen LogP contribution in [-0.4, -0.2) is 122 Å². The summed E-state index contributed by atoms with van der Waals surface area (Å²) in [5, 5.41) is 96.1. The third-order valence-corrected chi connectivity index (χ3v) is 20.2. The molecule has 9 aliphatic rings. The minimum Gasteiger partial charge on any atom is -0.396 e. The summed E-state index contributed by atoms with van der Waals surface area (Å²) in [6, 6.07) is 0. The number of rotatable bonds is 13. The fraction of sp³-hybridized carbons (Fsp3) is 0.833. The first-order chi connectivity index (χ1) is 31.8. The van der Waals surface area contributed by atoms with Crippen LogP contribution in [0.4, 0.5) is 0 Å². The number of dihydropyridines is 1. The van der Waals surface area contributed by atoms with Crippen LogP contribution in [0.15, 0.2) is 46.8 Å². The number of hydrogen-bond acceptors (Lipinski definition) is 13. The highest BCUT2D eigenvalue weighted by Gasteiger charge is 2.78. The van der Waals surface area contributed by atoms with Gasteiger partial charge in [-0.2, -0.15) is 0 Å². The van der Waals surface area contributed by atoms with E-state index in [1.165, 1.54) is 19.3 Å². The van der Waals surface area contributed by atoms with Crippen molar-refractivity contribution < 1.29 is 45.3 Å². The lowest BCUT2D eigenvalue weighted by Crippen LogP contribution is -2.72. The Hall–Kier alpha value is -2.17. The van der Waals surface area contributed by atoms with Gasteiger partial charge in [-0.3, -0.25) is 4.79 Å². The molecule has 0 aromatic carbocycles. The second-order valence-corrected chi connectivity index (χ2v) is 24.0. The summed E-state index contributed by atoms with van der Waals surface area (Å²) in [5.74, 6) is -1.18. The molecule has 2 aliphatic heterocycles. The molecule has 67 heavy (non-hydrogen) atoms. The highest BCUT2D eigenvalue weighted by atomic mass is 16.5. The molecule has 5 saturated carbocycles. The Morgan fingerprint density at radius 2 is 1.81 bits per heavy atom. The van der Waals surface area contributed by atoms with Crippen LogP contribution >= 0.6 is 0 Å². The van der Waals surface area contributed by atoms with Crippen molar-refractivity contribution in [1.29, 1.82) is 0 Å². The van der Waals surface area contributed by atoms with E-state index in [-0.39, 0.29) is 61.8 Å². The maximum atomic E-state index is 15.7. The van der Waals surface area contributed by atoms with Gasteiger partial charge >= 0.3 is 0 Å². The number of carbonyl (C=O) groups excluding carboxylic acids is 1. The van der Waals surface area contributed by atoms with Crippen molar-refractivity contribution in [3.8, 4) is 0 Å². The summed E-state index contributed by atoms with van der Waals surface area (Å²) in [6.07, 6.45) is 17.2. The van der Waals surface area contributed by atoms with Gasteiger partial charge in [0, 0.05) is 54.0 Å². The summed E-state index contributed by atoms with van der Waals surface area (Å²) in [6.45, 7) is 8.35. The Morgan fingerprint density at radius 1 is 1.03 bits per heavy atom. The molecule has 1 saturated heterocycles. The molecule has 1 spiro atoms. The Bertz CT molecular complexity index is 1990. The lowest BCUT2D eigenvalue weighted by Gasteiger charge is -2.68. The number of ether oxygens (including phenoxy) is 1. The van der Waals surface area contributed by atoms with Crippen molar-refractivity contribution in [2.45, 2.75) is 197 Å². The maximum Gasteiger partial charge on any atom is 0.182 e. The van der Waals surface area contributed by atoms with E-state index in [0.29, 0.717) is 62.5 Å². The van der Waals surface area contributed by atoms with Crippen LogP contribution in [0.2, 0.25) is 0 Å². The van der Waals surface area contributed by atoms with Crippen LogP contribution in [0.1, 0.15) is 143 Å². The summed E-state index contributed by atoms with van der Waals surface area (Å²) in [4.78, 5) is 15.7. The molecule has 0 aromatic heterocycles. The molecule has 0 bridgehead atoms. The fourth-order valence-corrected chi connectivity index (χ4v) is 17.5. The predicted octanol–water partition coefficient (Wildman–Crippen LogP) is 4.38. The third kappa shape index (κ3) is 7.80. The number of carbonyl (C=O) groups is 1. The third-order valence-electron chi connectivity index (χ3n) is 20.2. The van der Waals surface area contributed by atoms with E-state index < -0.39 is 81.4 Å². The molecular weight excluding hydrogens is 849 g/mol. The van der Waals surface area contributed by atoms with E-state index >= 15 is 4.79 Å². The predicted molar refractivity (Wildman–Crippen MR) is 257 cm³/mol. The second-order valence-electron chi connectivity index (χ2n) is 24.0. The first kappa shape index (κ1) is 49.8. The van der Waals surface area contributed by atoms with Gasteiger partial charge in [-0.15, -0.1) is 0 Å². The van der Waals surface area contributed by atoms with Crippen molar-refractivity contribution in [1.82, 2.24) is 16.0 Å². The first-order valence-corrected chi connectivity index (χ1v) is 26.6. The number of aliphatic hydroxyl groups is 7. The van der Waals surface area contributed by atoms with E-state index in [1.54, 1.807) is 6.92 Å². The quantitative estimate of drug-likeness (QED) is 0.116. The summed E-state index contributed by atoms with van der Waals surface area (Å²) >= 11 is 0. The number of aliphatic hydroxyl groups excluding tert-OH is 4. The van der Waals surface area contributed by atoms with Gasteiger partial charge in [0.15, 0.2) is 5.78 Å². The molecule has 376 valence electrons. The van der Waals surface area contributed by atoms with Crippen LogP contribution in [0.3, 0.4) is 0 Å². The molecule has 19 unspecified atom stereocenters. The summed E-state index contributed by atoms with van der Waals surface area (Å²) in [5.41, 5.74) is 1.41. The van der Waals surface area contributed by atoms with Crippen LogP contribution in [-0.2, 0) is 9.53 Å². The standard InChI is InChI=1S/C54H86N4O9/c1-6-10-32-13-15-35-36-11-7-8-21-54(66,48(36)67-41(35)17-14-32)50(4,64)42-20-23-53(65)44-45(57-28-31(2)60)46(63)37-25-39(61)40(62)27-52(37)26-33(34-16-18-43(55)58-38(34)12-9-24-59)19-22-51(30-56-5,47(44)52)29-49(42,53)3/h16,18-19,22,31-33,35-37,39-43,47-48,56-62,64-66H,6-15,17,20-21,23-30,55H2,1-5H3. The highest BCUT2D eigenvalue weighted by molar-refractivity contribution is 6.00. The molecule has 19 atom stereocenters. The molecular formula is C54H86N4O9. The lowest BCUT2D eigenvalue weighted by molar-refractivity contribution is -0.257. The molecule has 2 heterocycles. The molecule has 13 nitrogen and oxygen atoms in total. The van der Waals surface area contributed by atoms with E-state index in [0.717, 1.165) is 49.8 Å². The van der Waals surface area contributed by atoms with Gasteiger partial charge in [-0.1, -0.05) is 64.2 Å². The fourth-order valence-electron chi connectivity index (χ4n) is 17.5. The maximum absolute atomic E-state index is 15.7. The zero-order valence-electron chi connectivity index (χ0n) is 41.2. The van der Waals surface area contributed by atoms with Crippen LogP contribution in [0, 0.1) is 57.7 Å². The SMILES string of the molecule is CCCC1CCC2OC3C(CCCCC3(O)C(C)(O)C3CCC4(O)C5=C(NCC(C)O)C(=O)C6CC(O)C(O)CC67CC(C6=C(CCCO)NC(N)C=C6)C=CC(CNC)(CC34C)C57)C2CC1. The zero-order valence-corrected chi connectivity index (χ0v) is 41.2. The Balaban J connectivity index is 1.21. The van der Waals surface area contributed by atoms with Gasteiger partial charge in [0.2, 0.25) is 0 Å². The monoisotopic (exact) mass is 935 g/mol. The second kappa shape index (κ2) is 18.5. The summed E-state index contributed by atoms with van der Waals surface area (Å²) < 4.78 is 7.15. The van der Waals surface area contributed by atoms with Gasteiger partial charge < -0.3 is 62.2 Å². The van der Waals surface area contributed by atoms with Gasteiger partial charge in [0.1, 0.15) is 5.60 Å². The number of nitrogens with one attached hydrogen (secondary N) is 3. The molecule has 0 aromatic rings. The van der Waals surface area contributed by atoms with E-state index in [2.05, 4.69) is 48.0 Å². The number of hydrogen-bond donors (Lipinski definition) is 11. The smallest absolute Gasteiger partial charge is 0.182 e. The topological polar surface area (TPSA) is 230 Å². The normalized spacial score (nSPS) is 47.3. The Morgan fingerprint density at radius 3 is 2.54 bits per heavy atom. The van der Waals surface area contributed by atoms with Crippen molar-refractivity contribution in [3.05, 3.63) is 46.8 Å². The van der Waals surface area contributed by atoms with Crippen molar-refractivity contribution in [3.63, 3.8) is 0 Å². The average molecular weight is 935 g/mol. The molecule has 0 amide bonds. The van der Waals surface area contributed by atoms with Crippen LogP contribution < -0.4 is 21.7 Å². The van der Waals surface area contributed by atoms with Crippen molar-refractivity contribution in [2.24, 2.45) is 63.4 Å². The number of ketones is 1. The number of allylic oxidation sites excluding steroid dienone is 5. The molecule has 9 rings (SSSR count). The molecule has 12 N–H and O–H groups in total. The number of Topliss-reactive ketones (excluding diaryl/α,β-unsaturated/α-hetero) is 1. The van der Waals surface area contributed by atoms with Gasteiger partial charge in [0.25, 0.3) is 0 Å². The largest absolute Gasteiger partial charge is 0.396 e. The average Bonchev–Trinajstić information content (AvgIpc) is 3.53.